The van der Waals surface area contributed by atoms with Crippen LogP contribution in [-0.2, 0) is 33.1 Å². The third kappa shape index (κ3) is 17.7. The van der Waals surface area contributed by atoms with Crippen molar-refractivity contribution in [1.29, 1.82) is 0 Å². The molecule has 0 radical (unpaired) electrons. The number of hydrogen-bond donors (Lipinski definition) is 0. The second kappa shape index (κ2) is 20.4. The van der Waals surface area contributed by atoms with E-state index in [1.165, 1.54) is 88.5 Å². The fourth-order valence-corrected chi connectivity index (χ4v) is 4.80. The summed E-state index contributed by atoms with van der Waals surface area (Å²) in [7, 11) is -8.61. The first kappa shape index (κ1) is 36.5. The van der Waals surface area contributed by atoms with Gasteiger partial charge < -0.3 is 9.11 Å². The summed E-state index contributed by atoms with van der Waals surface area (Å²) in [5.74, 6) is 0. The molecule has 2 rings (SSSR count). The number of benzene rings is 2. The van der Waals surface area contributed by atoms with Gasteiger partial charge in [-0.25, -0.2) is 16.8 Å². The number of rotatable bonds is 16. The normalized spacial score (nSPS) is 11.4. The first-order valence-electron chi connectivity index (χ1n) is 13.2. The molecule has 0 aromatic heterocycles. The number of hydrogen-bond acceptors (Lipinski definition) is 6. The van der Waals surface area contributed by atoms with Crippen molar-refractivity contribution < 1.29 is 25.9 Å². The molecule has 0 aliphatic heterocycles. The average Bonchev–Trinajstić information content (AvgIpc) is 2.83. The fraction of sp³-hybridized carbons (Fsp3) is 0.571. The molecule has 0 heterocycles. The maximum absolute atomic E-state index is 10.7. The van der Waals surface area contributed by atoms with Crippen molar-refractivity contribution in [3.63, 3.8) is 0 Å². The second-order valence-electron chi connectivity index (χ2n) is 9.23. The Morgan fingerprint density at radius 3 is 1.03 bits per heavy atom. The fourth-order valence-electron chi connectivity index (χ4n) is 3.86. The van der Waals surface area contributed by atoms with Crippen LogP contribution >= 0.6 is 0 Å². The van der Waals surface area contributed by atoms with Crippen molar-refractivity contribution in [2.45, 2.75) is 114 Å². The van der Waals surface area contributed by atoms with E-state index in [0.29, 0.717) is 0 Å². The van der Waals surface area contributed by atoms with Crippen molar-refractivity contribution in [3.05, 3.63) is 59.7 Å². The average molecular weight is 579 g/mol. The van der Waals surface area contributed by atoms with Crippen molar-refractivity contribution in [2.24, 2.45) is 0 Å². The van der Waals surface area contributed by atoms with Gasteiger partial charge in [0.15, 0.2) is 0 Å². The summed E-state index contributed by atoms with van der Waals surface area (Å²) in [5, 5.41) is 0. The van der Waals surface area contributed by atoms with Gasteiger partial charge in [0.05, 0.1) is 9.79 Å². The Hall–Kier alpha value is -0.480. The predicted molar refractivity (Wildman–Crippen MR) is 149 cm³/mol. The quantitative estimate of drug-likeness (QED) is 0.126. The van der Waals surface area contributed by atoms with Crippen LogP contribution in [0.3, 0.4) is 0 Å². The standard InChI is InChI=1S/2C14H22O3S.Ca/c2*1-2-3-4-5-6-7-8-13-9-11-14(12-10-13)18(15,16)17;/h2*9-12H,2-8H2,1H3,(H,15,16,17);/q;;+2/p-2. The van der Waals surface area contributed by atoms with Crippen LogP contribution in [-0.4, -0.2) is 63.7 Å². The third-order valence-electron chi connectivity index (χ3n) is 6.06. The topological polar surface area (TPSA) is 114 Å². The summed E-state index contributed by atoms with van der Waals surface area (Å²) >= 11 is 0. The molecule has 0 saturated carbocycles. The van der Waals surface area contributed by atoms with Gasteiger partial charge in [0.25, 0.3) is 0 Å². The van der Waals surface area contributed by atoms with E-state index in [9.17, 15) is 25.9 Å². The van der Waals surface area contributed by atoms with Gasteiger partial charge >= 0.3 is 37.7 Å². The SMILES string of the molecule is CCCCCCCCc1ccc(S(=O)(=O)[O-])cc1.CCCCCCCCc1ccc(S(=O)(=O)[O-])cc1.[Ca+2]. The molecule has 0 amide bonds. The maximum atomic E-state index is 10.7. The summed E-state index contributed by atoms with van der Waals surface area (Å²) in [6.07, 6.45) is 16.8. The molecule has 0 aliphatic carbocycles. The minimum Gasteiger partial charge on any atom is -0.744 e. The monoisotopic (exact) mass is 578 g/mol. The molecule has 0 spiro atoms. The summed E-state index contributed by atoms with van der Waals surface area (Å²) in [5.41, 5.74) is 2.19. The molecule has 9 heteroatoms. The molecule has 37 heavy (non-hydrogen) atoms. The molecule has 2 aromatic carbocycles. The summed E-state index contributed by atoms with van der Waals surface area (Å²) in [6.45, 7) is 4.40. The van der Waals surface area contributed by atoms with E-state index in [1.807, 2.05) is 0 Å². The van der Waals surface area contributed by atoms with Crippen molar-refractivity contribution in [2.75, 3.05) is 0 Å². The van der Waals surface area contributed by atoms with Gasteiger partial charge in [0.2, 0.25) is 0 Å². The predicted octanol–water partition coefficient (Wildman–Crippen LogP) is 6.61. The number of unbranched alkanes of at least 4 members (excludes halogenated alkanes) is 10. The largest absolute Gasteiger partial charge is 2.00 e. The first-order chi connectivity index (χ1) is 17.1. The van der Waals surface area contributed by atoms with E-state index in [0.717, 1.165) is 36.8 Å². The van der Waals surface area contributed by atoms with Crippen molar-refractivity contribution in [3.8, 4) is 0 Å². The molecular weight excluding hydrogens is 537 g/mol. The van der Waals surface area contributed by atoms with Crippen molar-refractivity contribution >= 4 is 58.0 Å². The second-order valence-corrected chi connectivity index (χ2v) is 12.0. The van der Waals surface area contributed by atoms with Crippen LogP contribution in [0.5, 0.6) is 0 Å². The van der Waals surface area contributed by atoms with Gasteiger partial charge in [-0.3, -0.25) is 0 Å². The van der Waals surface area contributed by atoms with Crippen LogP contribution in [0.1, 0.15) is 102 Å². The van der Waals surface area contributed by atoms with Crippen LogP contribution < -0.4 is 0 Å². The van der Waals surface area contributed by atoms with Gasteiger partial charge in [0, 0.05) is 0 Å². The van der Waals surface area contributed by atoms with E-state index in [-0.39, 0.29) is 47.5 Å². The van der Waals surface area contributed by atoms with Gasteiger partial charge in [-0.2, -0.15) is 0 Å². The van der Waals surface area contributed by atoms with E-state index in [2.05, 4.69) is 13.8 Å². The Labute approximate surface area is 255 Å². The molecule has 6 nitrogen and oxygen atoms in total. The third-order valence-corrected chi connectivity index (χ3v) is 7.76. The van der Waals surface area contributed by atoms with Gasteiger partial charge in [0.1, 0.15) is 20.2 Å². The van der Waals surface area contributed by atoms with Gasteiger partial charge in [-0.15, -0.1) is 0 Å². The summed E-state index contributed by atoms with van der Waals surface area (Å²) < 4.78 is 64.5. The van der Waals surface area contributed by atoms with Gasteiger partial charge in [-0.1, -0.05) is 102 Å². The van der Waals surface area contributed by atoms with Crippen LogP contribution in [0.2, 0.25) is 0 Å². The Bertz CT molecular complexity index is 963. The summed E-state index contributed by atoms with van der Waals surface area (Å²) in [4.78, 5) is -0.289. The van der Waals surface area contributed by atoms with E-state index in [4.69, 9.17) is 0 Å². The molecule has 0 aliphatic rings. The maximum Gasteiger partial charge on any atom is 2.00 e. The molecule has 0 unspecified atom stereocenters. The minimum absolute atomic E-state index is 0. The van der Waals surface area contributed by atoms with Crippen LogP contribution in [0.4, 0.5) is 0 Å². The zero-order valence-corrected chi connectivity index (χ0v) is 26.3. The molecule has 0 N–H and O–H groups in total. The molecular formula is C28H42CaO6S2. The summed E-state index contributed by atoms with van der Waals surface area (Å²) in [6, 6.07) is 12.5. The van der Waals surface area contributed by atoms with Crippen LogP contribution in [0.15, 0.2) is 58.3 Å². The van der Waals surface area contributed by atoms with E-state index in [1.54, 1.807) is 24.3 Å². The molecule has 2 aromatic rings. The molecule has 204 valence electrons. The Balaban J connectivity index is 0.000000682. The van der Waals surface area contributed by atoms with Crippen molar-refractivity contribution in [1.82, 2.24) is 0 Å². The smallest absolute Gasteiger partial charge is 0.744 e. The van der Waals surface area contributed by atoms with Crippen LogP contribution in [0.25, 0.3) is 0 Å². The van der Waals surface area contributed by atoms with Crippen LogP contribution in [0, 0.1) is 0 Å². The van der Waals surface area contributed by atoms with Gasteiger partial charge in [-0.05, 0) is 61.1 Å². The minimum atomic E-state index is -4.31. The van der Waals surface area contributed by atoms with E-state index < -0.39 is 20.2 Å². The Morgan fingerprint density at radius 2 is 0.757 bits per heavy atom. The Morgan fingerprint density at radius 1 is 0.486 bits per heavy atom. The molecule has 0 bridgehead atoms. The molecule has 0 saturated heterocycles. The van der Waals surface area contributed by atoms with E-state index >= 15 is 0 Å². The molecule has 0 fully saturated rings. The number of aryl methyl sites for hydroxylation is 2. The zero-order valence-electron chi connectivity index (χ0n) is 22.5. The first-order valence-corrected chi connectivity index (χ1v) is 16.0. The Kier molecular flexibility index (Phi) is 20.2. The molecule has 0 atom stereocenters. The zero-order chi connectivity index (χ0) is 26.9.